The van der Waals surface area contributed by atoms with Crippen LogP contribution in [0.2, 0.25) is 0 Å². The van der Waals surface area contributed by atoms with E-state index in [0.717, 1.165) is 24.7 Å². The molecule has 32 heavy (non-hydrogen) atoms. The zero-order valence-corrected chi connectivity index (χ0v) is 21.2. The summed E-state index contributed by atoms with van der Waals surface area (Å²) in [7, 11) is -3.17. The number of hydrogen-bond donors (Lipinski definition) is 2. The molecule has 10 atom stereocenters. The molecular weight excluding hydrogens is 422 g/mol. The first kappa shape index (κ1) is 22.3. The lowest BCUT2D eigenvalue weighted by molar-refractivity contribution is -0.134. The van der Waals surface area contributed by atoms with Crippen LogP contribution < -0.4 is 4.72 Å². The van der Waals surface area contributed by atoms with Gasteiger partial charge in [0.05, 0.1) is 24.6 Å². The van der Waals surface area contributed by atoms with Crippen molar-refractivity contribution in [1.29, 1.82) is 0 Å². The Labute approximate surface area is 194 Å². The topological polar surface area (TPSA) is 75.6 Å². The van der Waals surface area contributed by atoms with Crippen molar-refractivity contribution in [3.05, 3.63) is 0 Å². The van der Waals surface area contributed by atoms with Crippen molar-refractivity contribution in [2.45, 2.75) is 103 Å². The third-order valence-electron chi connectivity index (χ3n) is 12.2. The van der Waals surface area contributed by atoms with Crippen molar-refractivity contribution in [3.8, 4) is 0 Å². The largest absolute Gasteiger partial charge is 0.393 e. The minimum atomic E-state index is -3.17. The molecule has 5 saturated carbocycles. The van der Waals surface area contributed by atoms with E-state index in [2.05, 4.69) is 25.5 Å². The van der Waals surface area contributed by atoms with Gasteiger partial charge in [-0.2, -0.15) is 0 Å². The molecule has 0 bridgehead atoms. The SMILES string of the molecule is CC1(C)C2CCC3C4CC5OC(CNS(C)(=O)=O)CCC5[C@@]4(C)CC[C@]34CC24CC[C@@H]1O. The number of aliphatic hydroxyl groups excluding tert-OH is 1. The van der Waals surface area contributed by atoms with E-state index in [1.807, 2.05) is 0 Å². The second kappa shape index (κ2) is 6.73. The fourth-order valence-corrected chi connectivity index (χ4v) is 11.2. The molecule has 1 saturated heterocycles. The summed E-state index contributed by atoms with van der Waals surface area (Å²) in [5.74, 6) is 2.90. The maximum Gasteiger partial charge on any atom is 0.208 e. The molecule has 0 aromatic carbocycles. The van der Waals surface area contributed by atoms with Gasteiger partial charge in [-0.25, -0.2) is 13.1 Å². The van der Waals surface area contributed by atoms with Crippen molar-refractivity contribution >= 4 is 10.0 Å². The van der Waals surface area contributed by atoms with Crippen LogP contribution in [0.5, 0.6) is 0 Å². The van der Waals surface area contributed by atoms with E-state index in [1.54, 1.807) is 0 Å². The van der Waals surface area contributed by atoms with E-state index < -0.39 is 10.0 Å². The van der Waals surface area contributed by atoms with Crippen molar-refractivity contribution in [2.75, 3.05) is 12.8 Å². The smallest absolute Gasteiger partial charge is 0.208 e. The molecule has 5 nitrogen and oxygen atoms in total. The van der Waals surface area contributed by atoms with Gasteiger partial charge >= 0.3 is 0 Å². The van der Waals surface area contributed by atoms with Gasteiger partial charge in [-0.1, -0.05) is 20.8 Å². The summed E-state index contributed by atoms with van der Waals surface area (Å²) < 4.78 is 32.4. The van der Waals surface area contributed by atoms with Crippen molar-refractivity contribution < 1.29 is 18.3 Å². The molecule has 7 unspecified atom stereocenters. The first-order valence-corrected chi connectivity index (χ1v) is 15.1. The van der Waals surface area contributed by atoms with Gasteiger partial charge in [-0.3, -0.25) is 0 Å². The minimum Gasteiger partial charge on any atom is -0.393 e. The molecule has 5 aliphatic carbocycles. The Bertz CT molecular complexity index is 904. The van der Waals surface area contributed by atoms with Crippen molar-refractivity contribution in [2.24, 2.45) is 45.3 Å². The molecule has 2 spiro atoms. The van der Waals surface area contributed by atoms with E-state index >= 15 is 0 Å². The zero-order chi connectivity index (χ0) is 22.7. The maximum atomic E-state index is 11.6. The number of sulfonamides is 1. The van der Waals surface area contributed by atoms with E-state index in [1.165, 1.54) is 57.6 Å². The normalized spacial score (nSPS) is 55.7. The molecule has 6 rings (SSSR count). The van der Waals surface area contributed by atoms with Crippen molar-refractivity contribution in [1.82, 2.24) is 4.72 Å². The highest BCUT2D eigenvalue weighted by molar-refractivity contribution is 7.88. The van der Waals surface area contributed by atoms with Crippen LogP contribution in [0.15, 0.2) is 0 Å². The lowest BCUT2D eigenvalue weighted by Gasteiger charge is -2.59. The highest BCUT2D eigenvalue weighted by atomic mass is 32.2. The van der Waals surface area contributed by atoms with E-state index in [0.29, 0.717) is 40.7 Å². The molecular formula is C26H43NO4S. The fourth-order valence-electron chi connectivity index (χ4n) is 10.7. The second-order valence-electron chi connectivity index (χ2n) is 13.6. The van der Waals surface area contributed by atoms with Crippen LogP contribution in [0, 0.1) is 45.3 Å². The number of rotatable bonds is 3. The van der Waals surface area contributed by atoms with Crippen LogP contribution in [0.4, 0.5) is 0 Å². The monoisotopic (exact) mass is 465 g/mol. The summed E-state index contributed by atoms with van der Waals surface area (Å²) in [4.78, 5) is 0. The molecule has 6 fully saturated rings. The Morgan fingerprint density at radius 1 is 0.938 bits per heavy atom. The summed E-state index contributed by atoms with van der Waals surface area (Å²) in [6.07, 6.45) is 13.7. The van der Waals surface area contributed by atoms with E-state index in [4.69, 9.17) is 4.74 Å². The maximum absolute atomic E-state index is 11.6. The summed E-state index contributed by atoms with van der Waals surface area (Å²) in [5, 5.41) is 10.8. The van der Waals surface area contributed by atoms with Crippen LogP contribution >= 0.6 is 0 Å². The summed E-state index contributed by atoms with van der Waals surface area (Å²) >= 11 is 0. The Morgan fingerprint density at radius 3 is 2.44 bits per heavy atom. The summed E-state index contributed by atoms with van der Waals surface area (Å²) in [6, 6.07) is 0. The highest BCUT2D eigenvalue weighted by Crippen LogP contribution is 2.87. The van der Waals surface area contributed by atoms with E-state index in [9.17, 15) is 13.5 Å². The fraction of sp³-hybridized carbons (Fsp3) is 1.00. The van der Waals surface area contributed by atoms with Crippen LogP contribution in [-0.4, -0.2) is 44.6 Å². The van der Waals surface area contributed by atoms with Gasteiger partial charge in [0, 0.05) is 6.54 Å². The molecule has 0 aromatic heterocycles. The van der Waals surface area contributed by atoms with Crippen LogP contribution in [0.25, 0.3) is 0 Å². The molecule has 1 heterocycles. The molecule has 0 aromatic rings. The van der Waals surface area contributed by atoms with E-state index in [-0.39, 0.29) is 17.6 Å². The van der Waals surface area contributed by atoms with Gasteiger partial charge in [0.15, 0.2) is 0 Å². The highest BCUT2D eigenvalue weighted by Gasteiger charge is 2.80. The minimum absolute atomic E-state index is 0.0207. The molecule has 0 amide bonds. The summed E-state index contributed by atoms with van der Waals surface area (Å²) in [6.45, 7) is 7.67. The first-order chi connectivity index (χ1) is 14.9. The lowest BCUT2D eigenvalue weighted by Crippen LogP contribution is -2.54. The third kappa shape index (κ3) is 2.82. The Kier molecular flexibility index (Phi) is 4.69. The lowest BCUT2D eigenvalue weighted by atomic mass is 9.46. The average molecular weight is 466 g/mol. The summed E-state index contributed by atoms with van der Waals surface area (Å²) in [5.41, 5.74) is 1.47. The van der Waals surface area contributed by atoms with Gasteiger partial charge in [0.25, 0.3) is 0 Å². The number of ether oxygens (including phenoxy) is 1. The van der Waals surface area contributed by atoms with Gasteiger partial charge in [0.2, 0.25) is 10.0 Å². The Balaban J connectivity index is 1.23. The number of fused-ring (bicyclic) bond motifs is 4. The van der Waals surface area contributed by atoms with Gasteiger partial charge in [0.1, 0.15) is 0 Å². The van der Waals surface area contributed by atoms with Crippen molar-refractivity contribution in [3.63, 3.8) is 0 Å². The molecule has 2 N–H and O–H groups in total. The number of hydrogen-bond acceptors (Lipinski definition) is 4. The quantitative estimate of drug-likeness (QED) is 0.658. The molecule has 1 aliphatic heterocycles. The first-order valence-electron chi connectivity index (χ1n) is 13.2. The molecule has 0 radical (unpaired) electrons. The number of nitrogens with one attached hydrogen (secondary N) is 1. The predicted molar refractivity (Wildman–Crippen MR) is 124 cm³/mol. The molecule has 6 heteroatoms. The van der Waals surface area contributed by atoms with Gasteiger partial charge in [-0.15, -0.1) is 0 Å². The second-order valence-corrected chi connectivity index (χ2v) is 15.4. The van der Waals surface area contributed by atoms with Crippen LogP contribution in [0.3, 0.4) is 0 Å². The van der Waals surface area contributed by atoms with Crippen LogP contribution in [-0.2, 0) is 14.8 Å². The van der Waals surface area contributed by atoms with Gasteiger partial charge in [-0.05, 0) is 110 Å². The molecule has 6 aliphatic rings. The Morgan fingerprint density at radius 2 is 1.69 bits per heavy atom. The predicted octanol–water partition coefficient (Wildman–Crippen LogP) is 4.10. The number of aliphatic hydroxyl groups is 1. The zero-order valence-electron chi connectivity index (χ0n) is 20.4. The standard InChI is InChI=1S/C26H43NO4S/c1-23(2)21-8-7-17-19-13-20-18(6-5-16(31-20)14-27-32(4,29)30)24(19,3)11-12-25(17)15-26(21,25)10-9-22(23)28/h16-22,27-28H,5-15H2,1-4H3/t16?,17?,18?,19?,20?,21?,22-,24+,25-,26?/m0/s1. The van der Waals surface area contributed by atoms with Crippen LogP contribution in [0.1, 0.15) is 85.0 Å². The Hall–Kier alpha value is -0.170. The average Bonchev–Trinajstić information content (AvgIpc) is 3.30. The van der Waals surface area contributed by atoms with Gasteiger partial charge < -0.3 is 9.84 Å². The third-order valence-corrected chi connectivity index (χ3v) is 12.9. The molecule has 182 valence electrons.